The summed E-state index contributed by atoms with van der Waals surface area (Å²) in [5, 5.41) is 3.68. The highest BCUT2D eigenvalue weighted by Crippen LogP contribution is 2.37. The van der Waals surface area contributed by atoms with E-state index in [1.54, 1.807) is 7.11 Å². The number of ether oxygens (including phenoxy) is 2. The molecule has 4 heteroatoms. The van der Waals surface area contributed by atoms with E-state index in [1.165, 1.54) is 43.2 Å². The smallest absolute Gasteiger partial charge is 0.175 e. The second kappa shape index (κ2) is 9.43. The molecule has 0 bridgehead atoms. The Morgan fingerprint density at radius 1 is 1.04 bits per heavy atom. The zero-order valence-electron chi connectivity index (χ0n) is 15.7. The van der Waals surface area contributed by atoms with Gasteiger partial charge in [-0.1, -0.05) is 49.1 Å². The lowest BCUT2D eigenvalue weighted by Gasteiger charge is -2.23. The molecule has 0 aromatic heterocycles. The molecule has 1 N–H and O–H groups in total. The summed E-state index contributed by atoms with van der Waals surface area (Å²) >= 11 is 3.66. The lowest BCUT2D eigenvalue weighted by Crippen LogP contribution is -2.30. The fourth-order valence-corrected chi connectivity index (χ4v) is 4.03. The first-order valence-electron chi connectivity index (χ1n) is 9.44. The normalized spacial score (nSPS) is 15.0. The average Bonchev–Trinajstić information content (AvgIpc) is 2.67. The highest BCUT2D eigenvalue weighted by atomic mass is 79.9. The molecule has 0 atom stereocenters. The predicted molar refractivity (Wildman–Crippen MR) is 110 cm³/mol. The van der Waals surface area contributed by atoms with Crippen LogP contribution in [0.5, 0.6) is 11.5 Å². The maximum absolute atomic E-state index is 6.04. The Labute approximate surface area is 165 Å². The van der Waals surface area contributed by atoms with E-state index in [-0.39, 0.29) is 0 Å². The van der Waals surface area contributed by atoms with Gasteiger partial charge in [0, 0.05) is 12.6 Å². The number of nitrogens with one attached hydrogen (secondary N) is 1. The lowest BCUT2D eigenvalue weighted by molar-refractivity contribution is 0.282. The third-order valence-corrected chi connectivity index (χ3v) is 5.58. The first-order chi connectivity index (χ1) is 12.7. The van der Waals surface area contributed by atoms with Crippen LogP contribution in [-0.4, -0.2) is 13.2 Å². The van der Waals surface area contributed by atoms with E-state index in [2.05, 4.69) is 64.6 Å². The van der Waals surface area contributed by atoms with Crippen LogP contribution in [0.2, 0.25) is 0 Å². The summed E-state index contributed by atoms with van der Waals surface area (Å²) in [5.41, 5.74) is 3.61. The van der Waals surface area contributed by atoms with Gasteiger partial charge in [-0.05, 0) is 59.0 Å². The van der Waals surface area contributed by atoms with Crippen molar-refractivity contribution in [3.8, 4) is 11.5 Å². The van der Waals surface area contributed by atoms with Crippen LogP contribution in [-0.2, 0) is 13.2 Å². The summed E-state index contributed by atoms with van der Waals surface area (Å²) in [4.78, 5) is 0. The number of benzene rings is 2. The molecule has 0 aliphatic heterocycles. The van der Waals surface area contributed by atoms with Gasteiger partial charge in [-0.3, -0.25) is 0 Å². The van der Waals surface area contributed by atoms with Crippen molar-refractivity contribution < 1.29 is 9.47 Å². The van der Waals surface area contributed by atoms with Gasteiger partial charge in [0.05, 0.1) is 11.6 Å². The van der Waals surface area contributed by atoms with E-state index in [4.69, 9.17) is 9.47 Å². The molecule has 140 valence electrons. The van der Waals surface area contributed by atoms with Gasteiger partial charge in [-0.15, -0.1) is 0 Å². The van der Waals surface area contributed by atoms with Gasteiger partial charge in [0.2, 0.25) is 0 Å². The van der Waals surface area contributed by atoms with Crippen LogP contribution in [0, 0.1) is 6.92 Å². The van der Waals surface area contributed by atoms with Gasteiger partial charge in [0.1, 0.15) is 6.61 Å². The number of rotatable bonds is 7. The molecule has 1 aliphatic rings. The van der Waals surface area contributed by atoms with Crippen LogP contribution in [0.15, 0.2) is 40.9 Å². The zero-order chi connectivity index (χ0) is 18.4. The molecule has 1 aliphatic carbocycles. The van der Waals surface area contributed by atoms with Gasteiger partial charge in [0.15, 0.2) is 11.5 Å². The molecular weight excluding hydrogens is 390 g/mol. The molecule has 0 unspecified atom stereocenters. The van der Waals surface area contributed by atoms with Crippen LogP contribution in [0.4, 0.5) is 0 Å². The molecule has 1 fully saturated rings. The van der Waals surface area contributed by atoms with Crippen molar-refractivity contribution >= 4 is 15.9 Å². The van der Waals surface area contributed by atoms with Crippen molar-refractivity contribution in [3.05, 3.63) is 57.6 Å². The SMILES string of the molecule is COc1cc(CNC2CCCCC2)cc(Br)c1OCc1ccc(C)cc1. The topological polar surface area (TPSA) is 30.5 Å². The summed E-state index contributed by atoms with van der Waals surface area (Å²) in [6.07, 6.45) is 6.64. The Balaban J connectivity index is 1.65. The first kappa shape index (κ1) is 19.2. The Morgan fingerprint density at radius 3 is 2.46 bits per heavy atom. The van der Waals surface area contributed by atoms with E-state index in [1.807, 2.05) is 0 Å². The molecule has 26 heavy (non-hydrogen) atoms. The van der Waals surface area contributed by atoms with Crippen molar-refractivity contribution in [1.82, 2.24) is 5.32 Å². The van der Waals surface area contributed by atoms with Crippen molar-refractivity contribution in [1.29, 1.82) is 0 Å². The summed E-state index contributed by atoms with van der Waals surface area (Å²) in [6.45, 7) is 3.47. The maximum Gasteiger partial charge on any atom is 0.175 e. The van der Waals surface area contributed by atoms with Crippen LogP contribution in [0.1, 0.15) is 48.8 Å². The molecular formula is C22H28BrNO2. The third kappa shape index (κ3) is 5.24. The summed E-state index contributed by atoms with van der Waals surface area (Å²) in [6, 6.07) is 13.2. The Bertz CT molecular complexity index is 709. The van der Waals surface area contributed by atoms with Gasteiger partial charge in [-0.25, -0.2) is 0 Å². The van der Waals surface area contributed by atoms with Gasteiger partial charge >= 0.3 is 0 Å². The molecule has 2 aromatic carbocycles. The van der Waals surface area contributed by atoms with E-state index in [0.29, 0.717) is 12.6 Å². The van der Waals surface area contributed by atoms with E-state index in [0.717, 1.165) is 28.1 Å². The highest BCUT2D eigenvalue weighted by Gasteiger charge is 2.15. The third-order valence-electron chi connectivity index (χ3n) is 4.99. The molecule has 0 radical (unpaired) electrons. The molecule has 0 saturated heterocycles. The fraction of sp³-hybridized carbons (Fsp3) is 0.455. The monoisotopic (exact) mass is 417 g/mol. The minimum Gasteiger partial charge on any atom is -0.493 e. The van der Waals surface area contributed by atoms with Crippen molar-refractivity contribution in [2.45, 2.75) is 58.2 Å². The molecule has 0 heterocycles. The lowest BCUT2D eigenvalue weighted by atomic mass is 9.95. The second-order valence-corrected chi connectivity index (χ2v) is 7.95. The second-order valence-electron chi connectivity index (χ2n) is 7.10. The van der Waals surface area contributed by atoms with E-state index in [9.17, 15) is 0 Å². The predicted octanol–water partition coefficient (Wildman–Crippen LogP) is 5.77. The van der Waals surface area contributed by atoms with E-state index >= 15 is 0 Å². The number of aryl methyl sites for hydroxylation is 1. The molecule has 3 nitrogen and oxygen atoms in total. The summed E-state index contributed by atoms with van der Waals surface area (Å²) in [5.74, 6) is 1.53. The Morgan fingerprint density at radius 2 is 1.77 bits per heavy atom. The fourth-order valence-electron chi connectivity index (χ4n) is 3.42. The zero-order valence-corrected chi connectivity index (χ0v) is 17.3. The van der Waals surface area contributed by atoms with Crippen molar-refractivity contribution in [2.75, 3.05) is 7.11 Å². The molecule has 0 spiro atoms. The number of hydrogen-bond acceptors (Lipinski definition) is 3. The molecule has 0 amide bonds. The average molecular weight is 418 g/mol. The van der Waals surface area contributed by atoms with Crippen molar-refractivity contribution in [3.63, 3.8) is 0 Å². The maximum atomic E-state index is 6.04. The number of hydrogen-bond donors (Lipinski definition) is 1. The van der Waals surface area contributed by atoms with Crippen molar-refractivity contribution in [2.24, 2.45) is 0 Å². The van der Waals surface area contributed by atoms with Crippen LogP contribution < -0.4 is 14.8 Å². The largest absolute Gasteiger partial charge is 0.493 e. The summed E-state index contributed by atoms with van der Waals surface area (Å²) < 4.78 is 12.6. The first-order valence-corrected chi connectivity index (χ1v) is 10.2. The molecule has 1 saturated carbocycles. The van der Waals surface area contributed by atoms with Gasteiger partial charge in [0.25, 0.3) is 0 Å². The standard InChI is InChI=1S/C22H28BrNO2/c1-16-8-10-17(11-9-16)15-26-22-20(23)12-18(13-21(22)25-2)14-24-19-6-4-3-5-7-19/h8-13,19,24H,3-7,14-15H2,1-2H3. The molecule has 3 rings (SSSR count). The van der Waals surface area contributed by atoms with Crippen LogP contribution in [0.3, 0.4) is 0 Å². The summed E-state index contributed by atoms with van der Waals surface area (Å²) in [7, 11) is 1.69. The van der Waals surface area contributed by atoms with Gasteiger partial charge in [-0.2, -0.15) is 0 Å². The minimum atomic E-state index is 0.523. The Kier molecular flexibility index (Phi) is 6.98. The van der Waals surface area contributed by atoms with Crippen LogP contribution >= 0.6 is 15.9 Å². The highest BCUT2D eigenvalue weighted by molar-refractivity contribution is 9.10. The Hall–Kier alpha value is -1.52. The number of methoxy groups -OCH3 is 1. The molecule has 2 aromatic rings. The van der Waals surface area contributed by atoms with Gasteiger partial charge < -0.3 is 14.8 Å². The quantitative estimate of drug-likeness (QED) is 0.620. The van der Waals surface area contributed by atoms with Crippen LogP contribution in [0.25, 0.3) is 0 Å². The number of halogens is 1. The minimum absolute atomic E-state index is 0.523. The van der Waals surface area contributed by atoms with E-state index < -0.39 is 0 Å².